The Kier molecular flexibility index (Phi) is 21.2. The van der Waals surface area contributed by atoms with E-state index in [-0.39, 0.29) is 72.1 Å². The molecule has 0 saturated heterocycles. The minimum Gasteiger partial charge on any atom is -0.778 e. The maximum Gasteiger partial charge on any atom is 1.00 e. The minimum atomic E-state index is -4.77. The van der Waals surface area contributed by atoms with Crippen LogP contribution in [0.25, 0.3) is 0 Å². The number of methoxy groups -OCH3 is 1. The number of hydrogen-bond acceptors (Lipinski definition) is 12. The summed E-state index contributed by atoms with van der Waals surface area (Å²) in [5.74, 6) is 1.83. The first kappa shape index (κ1) is 46.3. The second kappa shape index (κ2) is 22.4. The Morgan fingerprint density at radius 2 is 1.10 bits per heavy atom. The van der Waals surface area contributed by atoms with Crippen molar-refractivity contribution in [1.29, 1.82) is 0 Å². The van der Waals surface area contributed by atoms with Crippen LogP contribution in [0, 0.1) is 0 Å². The fraction of sp³-hybridized carbons (Fsp3) is 0.259. The van der Waals surface area contributed by atoms with E-state index in [2.05, 4.69) is 10.2 Å². The van der Waals surface area contributed by atoms with Crippen LogP contribution in [-0.4, -0.2) is 77.0 Å². The molecule has 0 aliphatic carbocycles. The zero-order valence-electron chi connectivity index (χ0n) is 27.5. The molecule has 49 heavy (non-hydrogen) atoms. The van der Waals surface area contributed by atoms with Crippen LogP contribution in [0.5, 0.6) is 17.2 Å². The summed E-state index contributed by atoms with van der Waals surface area (Å²) < 4.78 is 42.4. The first-order chi connectivity index (χ1) is 22.1. The summed E-state index contributed by atoms with van der Waals surface area (Å²) in [6.45, 7) is -0.0379. The van der Waals surface area contributed by atoms with Gasteiger partial charge in [-0.1, -0.05) is 21.7 Å². The van der Waals surface area contributed by atoms with E-state index in [4.69, 9.17) is 47.2 Å². The Morgan fingerprint density at radius 3 is 1.47 bits per heavy atom. The SMILES string of the molecule is COc1ccc(/C=N/N(C)[P+](=S)Oc2ccc(/C=N/N(C)[P+](=S)Oc3ccc(CCN(CP(=O)([O-])O)CP(=O)([O-])O)cc3)cc2)cc1.[Na+].[Na+]. The molecule has 252 valence electrons. The molecule has 0 saturated carbocycles. The third-order valence-electron chi connectivity index (χ3n) is 5.98. The number of hydrazone groups is 2. The van der Waals surface area contributed by atoms with E-state index >= 15 is 0 Å². The zero-order chi connectivity index (χ0) is 34.6. The Balaban J connectivity index is 0.00000600. The molecule has 4 unspecified atom stereocenters. The molecular weight excluding hydrogens is 772 g/mol. The number of rotatable bonds is 18. The number of benzene rings is 3. The van der Waals surface area contributed by atoms with Gasteiger partial charge in [0.25, 0.3) is 0 Å². The van der Waals surface area contributed by atoms with Crippen molar-refractivity contribution in [3.63, 3.8) is 0 Å². The molecule has 0 fully saturated rings. The van der Waals surface area contributed by atoms with Crippen LogP contribution in [0.2, 0.25) is 0 Å². The topological polar surface area (TPSA) is 183 Å². The molecule has 0 aliphatic heterocycles. The van der Waals surface area contributed by atoms with E-state index in [1.165, 1.54) is 4.78 Å². The predicted molar refractivity (Wildman–Crippen MR) is 186 cm³/mol. The van der Waals surface area contributed by atoms with E-state index in [0.717, 1.165) is 27.3 Å². The standard InChI is InChI=1S/C27H33N5O9P4S2.2Na/c1-30(28-18-23-6-10-25(39-3)11-7-23)43(47)41-27-14-8-24(9-15-27)19-29-31(2)42(46)40-26-12-4-22(5-13-26)16-17-32(20-44(33,34)35)21-45(36,37)38;;/h4-15,18-19H,16-17,20-21H2,1-3H3,(H2-2,33,34,35,36,37,38);;/q;2*+1/b28-18+,29-19+;;. The molecule has 3 rings (SSSR count). The molecular formula is C27H33N5Na2O9P4S2+2. The predicted octanol–water partition coefficient (Wildman–Crippen LogP) is -2.21. The van der Waals surface area contributed by atoms with Crippen molar-refractivity contribution in [1.82, 2.24) is 14.5 Å². The average Bonchev–Trinajstić information content (AvgIpc) is 3.01. The Bertz CT molecular complexity index is 1640. The fourth-order valence-corrected chi connectivity index (χ4v) is 7.22. The van der Waals surface area contributed by atoms with Gasteiger partial charge in [-0.15, -0.1) is 10.2 Å². The zero-order valence-corrected chi connectivity index (χ0v) is 36.7. The molecule has 0 aromatic heterocycles. The monoisotopic (exact) mass is 805 g/mol. The maximum absolute atomic E-state index is 11.2. The van der Waals surface area contributed by atoms with Gasteiger partial charge in [-0.05, 0) is 83.8 Å². The van der Waals surface area contributed by atoms with Crippen molar-refractivity contribution in [2.45, 2.75) is 6.42 Å². The molecule has 0 heterocycles. The normalized spacial score (nSPS) is 14.2. The molecule has 2 N–H and O–H groups in total. The molecule has 0 aliphatic rings. The van der Waals surface area contributed by atoms with Crippen LogP contribution < -0.4 is 82.7 Å². The Labute approximate surface area is 341 Å². The molecule has 14 nitrogen and oxygen atoms in total. The smallest absolute Gasteiger partial charge is 0.778 e. The maximum atomic E-state index is 11.2. The van der Waals surface area contributed by atoms with E-state index in [0.29, 0.717) is 11.5 Å². The summed E-state index contributed by atoms with van der Waals surface area (Å²) in [7, 11) is -7.49. The molecule has 3 aromatic carbocycles. The van der Waals surface area contributed by atoms with Crippen molar-refractivity contribution in [3.8, 4) is 17.2 Å². The third kappa shape index (κ3) is 18.6. The van der Waals surface area contributed by atoms with Gasteiger partial charge in [-0.25, -0.2) is 0 Å². The summed E-state index contributed by atoms with van der Waals surface area (Å²) in [4.78, 5) is 41.5. The molecule has 0 amide bonds. The van der Waals surface area contributed by atoms with E-state index in [1.54, 1.807) is 74.8 Å². The van der Waals surface area contributed by atoms with Crippen molar-refractivity contribution in [2.24, 2.45) is 10.2 Å². The van der Waals surface area contributed by atoms with Crippen LogP contribution in [0.1, 0.15) is 16.7 Å². The first-order valence-electron chi connectivity index (χ1n) is 13.6. The third-order valence-corrected chi connectivity index (χ3v) is 11.2. The van der Waals surface area contributed by atoms with Crippen molar-refractivity contribution >= 4 is 65.4 Å². The molecule has 0 spiro atoms. The molecule has 0 radical (unpaired) electrons. The van der Waals surface area contributed by atoms with Gasteiger partial charge in [0.15, 0.2) is 11.5 Å². The van der Waals surface area contributed by atoms with Gasteiger partial charge in [-0.2, -0.15) is 0 Å². The van der Waals surface area contributed by atoms with E-state index < -0.39 is 41.9 Å². The van der Waals surface area contributed by atoms with Crippen LogP contribution >= 0.6 is 29.3 Å². The number of ether oxygens (including phenoxy) is 1. The van der Waals surface area contributed by atoms with Gasteiger partial charge in [0.1, 0.15) is 20.9 Å². The van der Waals surface area contributed by atoms with E-state index in [9.17, 15) is 18.9 Å². The second-order valence-corrected chi connectivity index (χ2v) is 17.3. The van der Waals surface area contributed by atoms with Crippen molar-refractivity contribution < 1.29 is 102 Å². The van der Waals surface area contributed by atoms with Gasteiger partial charge in [0.05, 0.1) is 46.2 Å². The average molecular weight is 806 g/mol. The summed E-state index contributed by atoms with van der Waals surface area (Å²) in [5, 5.41) is 8.74. The van der Waals surface area contributed by atoms with Crippen LogP contribution in [0.3, 0.4) is 0 Å². The van der Waals surface area contributed by atoms with Gasteiger partial charge >= 0.3 is 73.3 Å². The van der Waals surface area contributed by atoms with Crippen LogP contribution in [0.15, 0.2) is 83.0 Å². The number of hydrogen-bond donors (Lipinski definition) is 2. The molecule has 4 atom stereocenters. The summed E-state index contributed by atoms with van der Waals surface area (Å²) in [5.41, 5.74) is 2.43. The van der Waals surface area contributed by atoms with Crippen molar-refractivity contribution in [2.75, 3.05) is 40.3 Å². The van der Waals surface area contributed by atoms with Gasteiger partial charge < -0.3 is 33.4 Å². The second-order valence-electron chi connectivity index (χ2n) is 9.81. The summed E-state index contributed by atoms with van der Waals surface area (Å²) in [6.07, 6.45) is 1.77. The van der Waals surface area contributed by atoms with E-state index in [1.807, 2.05) is 36.4 Å². The van der Waals surface area contributed by atoms with Crippen LogP contribution in [-0.2, 0) is 39.2 Å². The molecule has 0 bridgehead atoms. The quantitative estimate of drug-likeness (QED) is 0.0611. The van der Waals surface area contributed by atoms with Gasteiger partial charge in [-0.3, -0.25) is 13.9 Å². The summed E-state index contributed by atoms with van der Waals surface area (Å²) in [6, 6.07) is 21.4. The largest absolute Gasteiger partial charge is 1.00 e. The fourth-order valence-electron chi connectivity index (χ4n) is 3.68. The van der Waals surface area contributed by atoms with Gasteiger partial charge in [0, 0.05) is 6.54 Å². The van der Waals surface area contributed by atoms with Crippen LogP contribution in [0.4, 0.5) is 0 Å². The Morgan fingerprint density at radius 1 is 0.735 bits per heavy atom. The number of nitrogens with zero attached hydrogens (tertiary/aromatic N) is 5. The Hall–Kier alpha value is -0.700. The minimum absolute atomic E-state index is 0. The first-order valence-corrected chi connectivity index (χ1v) is 21.5. The van der Waals surface area contributed by atoms with Crippen molar-refractivity contribution in [3.05, 3.63) is 89.5 Å². The molecule has 22 heteroatoms. The summed E-state index contributed by atoms with van der Waals surface area (Å²) >= 11 is 11.0. The van der Waals surface area contributed by atoms with Gasteiger partial charge in [0.2, 0.25) is 23.6 Å². The molecule has 3 aromatic rings.